The topological polar surface area (TPSA) is 38.9 Å². The SMILES string of the molecule is Cc1oc(-c2cccs2)nc1CSc1ccc(Cl)cn1. The number of oxazole rings is 1. The minimum absolute atomic E-state index is 0.645. The van der Waals surface area contributed by atoms with Crippen LogP contribution in [0.5, 0.6) is 0 Å². The zero-order valence-electron chi connectivity index (χ0n) is 10.7. The molecule has 3 heterocycles. The van der Waals surface area contributed by atoms with Crippen LogP contribution in [0.2, 0.25) is 5.02 Å². The second-order valence-electron chi connectivity index (χ2n) is 4.10. The molecule has 3 nitrogen and oxygen atoms in total. The normalized spacial score (nSPS) is 10.9. The van der Waals surface area contributed by atoms with Gasteiger partial charge in [0, 0.05) is 11.9 Å². The maximum atomic E-state index is 5.82. The van der Waals surface area contributed by atoms with E-state index in [1.54, 1.807) is 29.3 Å². The van der Waals surface area contributed by atoms with Crippen molar-refractivity contribution in [3.8, 4) is 10.8 Å². The van der Waals surface area contributed by atoms with E-state index < -0.39 is 0 Å². The quantitative estimate of drug-likeness (QED) is 0.630. The van der Waals surface area contributed by atoms with E-state index in [1.807, 2.05) is 36.6 Å². The maximum Gasteiger partial charge on any atom is 0.236 e. The fourth-order valence-electron chi connectivity index (χ4n) is 1.66. The van der Waals surface area contributed by atoms with E-state index in [-0.39, 0.29) is 0 Å². The van der Waals surface area contributed by atoms with E-state index in [2.05, 4.69) is 9.97 Å². The van der Waals surface area contributed by atoms with Gasteiger partial charge in [0.15, 0.2) is 0 Å². The van der Waals surface area contributed by atoms with Gasteiger partial charge < -0.3 is 4.42 Å². The van der Waals surface area contributed by atoms with Crippen molar-refractivity contribution >= 4 is 34.7 Å². The molecule has 0 radical (unpaired) electrons. The summed E-state index contributed by atoms with van der Waals surface area (Å²) in [6, 6.07) is 7.74. The van der Waals surface area contributed by atoms with Gasteiger partial charge in [0.25, 0.3) is 0 Å². The minimum atomic E-state index is 0.645. The third-order valence-corrected chi connectivity index (χ3v) is 4.72. The Hall–Kier alpha value is -1.30. The molecule has 3 aromatic heterocycles. The molecule has 0 aromatic carbocycles. The van der Waals surface area contributed by atoms with Gasteiger partial charge in [-0.2, -0.15) is 0 Å². The number of thioether (sulfide) groups is 1. The van der Waals surface area contributed by atoms with Crippen LogP contribution in [0.1, 0.15) is 11.5 Å². The van der Waals surface area contributed by atoms with Crippen molar-refractivity contribution in [2.45, 2.75) is 17.7 Å². The van der Waals surface area contributed by atoms with Crippen molar-refractivity contribution in [3.63, 3.8) is 0 Å². The number of aryl methyl sites for hydroxylation is 1. The van der Waals surface area contributed by atoms with Crippen LogP contribution < -0.4 is 0 Å². The summed E-state index contributed by atoms with van der Waals surface area (Å²) in [5.74, 6) is 2.28. The summed E-state index contributed by atoms with van der Waals surface area (Å²) in [5, 5.41) is 3.59. The van der Waals surface area contributed by atoms with E-state index in [4.69, 9.17) is 16.0 Å². The predicted octanol–water partition coefficient (Wildman–Crippen LogP) is 5.05. The molecule has 20 heavy (non-hydrogen) atoms. The van der Waals surface area contributed by atoms with Crippen LogP contribution in [0.4, 0.5) is 0 Å². The van der Waals surface area contributed by atoms with E-state index >= 15 is 0 Å². The molecule has 0 unspecified atom stereocenters. The zero-order valence-corrected chi connectivity index (χ0v) is 13.1. The number of halogens is 1. The maximum absolute atomic E-state index is 5.82. The molecule has 0 saturated carbocycles. The van der Waals surface area contributed by atoms with Crippen LogP contribution in [0, 0.1) is 6.92 Å². The first-order valence-electron chi connectivity index (χ1n) is 5.97. The average molecular weight is 323 g/mol. The molecular weight excluding hydrogens is 312 g/mol. The number of thiophene rings is 1. The molecule has 3 rings (SSSR count). The van der Waals surface area contributed by atoms with E-state index in [9.17, 15) is 0 Å². The van der Waals surface area contributed by atoms with Crippen LogP contribution in [0.25, 0.3) is 10.8 Å². The first-order chi connectivity index (χ1) is 9.72. The van der Waals surface area contributed by atoms with Gasteiger partial charge in [-0.3, -0.25) is 0 Å². The third-order valence-electron chi connectivity index (χ3n) is 2.68. The summed E-state index contributed by atoms with van der Waals surface area (Å²) in [6.07, 6.45) is 1.65. The summed E-state index contributed by atoms with van der Waals surface area (Å²) >= 11 is 9.06. The molecule has 0 saturated heterocycles. The monoisotopic (exact) mass is 322 g/mol. The molecule has 0 bridgehead atoms. The largest absolute Gasteiger partial charge is 0.440 e. The molecule has 0 N–H and O–H groups in total. The lowest BCUT2D eigenvalue weighted by atomic mass is 10.4. The Morgan fingerprint density at radius 3 is 2.95 bits per heavy atom. The molecule has 102 valence electrons. The molecule has 0 aliphatic rings. The molecule has 0 amide bonds. The average Bonchev–Trinajstić information content (AvgIpc) is 3.08. The first-order valence-corrected chi connectivity index (χ1v) is 8.21. The number of hydrogen-bond donors (Lipinski definition) is 0. The van der Waals surface area contributed by atoms with Gasteiger partial charge >= 0.3 is 0 Å². The van der Waals surface area contributed by atoms with Crippen LogP contribution in [0.15, 0.2) is 45.3 Å². The number of aromatic nitrogens is 2. The summed E-state index contributed by atoms with van der Waals surface area (Å²) in [5.41, 5.74) is 0.954. The third kappa shape index (κ3) is 3.06. The summed E-state index contributed by atoms with van der Waals surface area (Å²) in [7, 11) is 0. The predicted molar refractivity (Wildman–Crippen MR) is 83.4 cm³/mol. The Kier molecular flexibility index (Phi) is 4.10. The van der Waals surface area contributed by atoms with Crippen molar-refractivity contribution in [1.29, 1.82) is 0 Å². The van der Waals surface area contributed by atoms with Crippen molar-refractivity contribution < 1.29 is 4.42 Å². The zero-order chi connectivity index (χ0) is 13.9. The molecule has 0 aliphatic carbocycles. The van der Waals surface area contributed by atoms with Crippen molar-refractivity contribution in [2.75, 3.05) is 0 Å². The summed E-state index contributed by atoms with van der Waals surface area (Å²) < 4.78 is 5.71. The highest BCUT2D eigenvalue weighted by atomic mass is 35.5. The van der Waals surface area contributed by atoms with E-state index in [0.29, 0.717) is 10.9 Å². The highest BCUT2D eigenvalue weighted by Crippen LogP contribution is 2.29. The Balaban J connectivity index is 1.73. The van der Waals surface area contributed by atoms with Crippen LogP contribution in [0.3, 0.4) is 0 Å². The molecule has 3 aromatic rings. The first kappa shape index (κ1) is 13.7. The lowest BCUT2D eigenvalue weighted by Gasteiger charge is -1.98. The summed E-state index contributed by atoms with van der Waals surface area (Å²) in [6.45, 7) is 1.94. The fraction of sp³-hybridized carbons (Fsp3) is 0.143. The number of hydrogen-bond acceptors (Lipinski definition) is 5. The Bertz CT molecular complexity index is 693. The number of rotatable bonds is 4. The number of nitrogens with zero attached hydrogens (tertiary/aromatic N) is 2. The van der Waals surface area contributed by atoms with E-state index in [1.165, 1.54) is 0 Å². The standard InChI is InChI=1S/C14H11ClN2OS2/c1-9-11(8-20-13-5-4-10(15)7-16-13)17-14(18-9)12-3-2-6-19-12/h2-7H,8H2,1H3. The Labute approximate surface area is 130 Å². The van der Waals surface area contributed by atoms with E-state index in [0.717, 1.165) is 27.1 Å². The highest BCUT2D eigenvalue weighted by Gasteiger charge is 2.12. The fourth-order valence-corrected chi connectivity index (χ4v) is 3.26. The summed E-state index contributed by atoms with van der Waals surface area (Å²) in [4.78, 5) is 9.86. The molecular formula is C14H11ClN2OS2. The molecule has 0 fully saturated rings. The second kappa shape index (κ2) is 5.99. The Morgan fingerprint density at radius 1 is 1.35 bits per heavy atom. The van der Waals surface area contributed by atoms with Crippen LogP contribution >= 0.6 is 34.7 Å². The molecule has 0 aliphatic heterocycles. The van der Waals surface area contributed by atoms with Crippen molar-refractivity contribution in [2.24, 2.45) is 0 Å². The van der Waals surface area contributed by atoms with Gasteiger partial charge in [-0.15, -0.1) is 11.3 Å². The van der Waals surface area contributed by atoms with Crippen LogP contribution in [-0.2, 0) is 5.75 Å². The van der Waals surface area contributed by atoms with Gasteiger partial charge in [0.05, 0.1) is 20.6 Å². The van der Waals surface area contributed by atoms with Gasteiger partial charge in [0.1, 0.15) is 5.76 Å². The Morgan fingerprint density at radius 2 is 2.25 bits per heavy atom. The lowest BCUT2D eigenvalue weighted by molar-refractivity contribution is 0.542. The smallest absolute Gasteiger partial charge is 0.236 e. The van der Waals surface area contributed by atoms with Crippen molar-refractivity contribution in [1.82, 2.24) is 9.97 Å². The van der Waals surface area contributed by atoms with Gasteiger partial charge in [0.2, 0.25) is 5.89 Å². The van der Waals surface area contributed by atoms with Gasteiger partial charge in [-0.25, -0.2) is 9.97 Å². The van der Waals surface area contributed by atoms with Crippen LogP contribution in [-0.4, -0.2) is 9.97 Å². The lowest BCUT2D eigenvalue weighted by Crippen LogP contribution is -1.85. The van der Waals surface area contributed by atoms with Gasteiger partial charge in [-0.1, -0.05) is 29.4 Å². The van der Waals surface area contributed by atoms with Gasteiger partial charge in [-0.05, 0) is 30.5 Å². The second-order valence-corrected chi connectivity index (χ2v) is 6.48. The molecule has 0 spiro atoms. The molecule has 6 heteroatoms. The molecule has 0 atom stereocenters. The number of pyridine rings is 1. The highest BCUT2D eigenvalue weighted by molar-refractivity contribution is 7.98. The van der Waals surface area contributed by atoms with Crippen molar-refractivity contribution in [3.05, 3.63) is 52.3 Å². The minimum Gasteiger partial charge on any atom is -0.440 e.